The Morgan fingerprint density at radius 3 is 2.71 bits per heavy atom. The summed E-state index contributed by atoms with van der Waals surface area (Å²) in [6, 6.07) is 0. The number of nitrogens with two attached hydrogens (primary N) is 1. The molecular formula is C12H21N3O2. The van der Waals surface area contributed by atoms with Crippen LogP contribution in [0.5, 0.6) is 0 Å². The predicted octanol–water partition coefficient (Wildman–Crippen LogP) is 2.01. The maximum Gasteiger partial charge on any atom is 0.257 e. The molecule has 0 aliphatic heterocycles. The summed E-state index contributed by atoms with van der Waals surface area (Å²) in [5, 5.41) is 4.06. The Morgan fingerprint density at radius 1 is 1.41 bits per heavy atom. The van der Waals surface area contributed by atoms with E-state index in [2.05, 4.69) is 17.1 Å². The van der Waals surface area contributed by atoms with Crippen molar-refractivity contribution in [1.29, 1.82) is 0 Å². The molecule has 17 heavy (non-hydrogen) atoms. The smallest absolute Gasteiger partial charge is 0.257 e. The first-order chi connectivity index (χ1) is 8.24. The fraction of sp³-hybridized carbons (Fsp3) is 0.833. The number of rotatable bonds is 4. The van der Waals surface area contributed by atoms with Gasteiger partial charge in [0.15, 0.2) is 5.82 Å². The highest BCUT2D eigenvalue weighted by atomic mass is 16.5. The van der Waals surface area contributed by atoms with Crippen molar-refractivity contribution in [1.82, 2.24) is 10.1 Å². The largest absolute Gasteiger partial charge is 0.370 e. The van der Waals surface area contributed by atoms with Crippen molar-refractivity contribution in [2.75, 3.05) is 13.7 Å². The lowest BCUT2D eigenvalue weighted by Crippen LogP contribution is -2.15. The Kier molecular flexibility index (Phi) is 4.12. The number of nitrogens with zero attached hydrogens (tertiary/aromatic N) is 2. The summed E-state index contributed by atoms with van der Waals surface area (Å²) in [5.74, 6) is 2.60. The normalized spacial score (nSPS) is 27.0. The molecule has 1 aromatic rings. The van der Waals surface area contributed by atoms with Gasteiger partial charge < -0.3 is 15.0 Å². The minimum absolute atomic E-state index is 0.279. The highest BCUT2D eigenvalue weighted by molar-refractivity contribution is 4.99. The molecule has 5 nitrogen and oxygen atoms in total. The molecule has 2 rings (SSSR count). The van der Waals surface area contributed by atoms with Crippen molar-refractivity contribution in [2.24, 2.45) is 11.7 Å². The molecule has 0 amide bonds. The molecule has 1 saturated carbocycles. The zero-order valence-corrected chi connectivity index (χ0v) is 10.6. The molecule has 1 unspecified atom stereocenters. The maximum atomic E-state index is 5.57. The molecule has 2 N–H and O–H groups in total. The van der Waals surface area contributed by atoms with E-state index in [1.165, 1.54) is 12.8 Å². The lowest BCUT2D eigenvalue weighted by Gasteiger charge is -2.23. The Morgan fingerprint density at radius 2 is 2.12 bits per heavy atom. The summed E-state index contributed by atoms with van der Waals surface area (Å²) >= 11 is 0. The number of ether oxygens (including phenoxy) is 1. The Balaban J connectivity index is 2.02. The van der Waals surface area contributed by atoms with E-state index in [-0.39, 0.29) is 6.10 Å². The number of hydrogen-bond donors (Lipinski definition) is 1. The summed E-state index contributed by atoms with van der Waals surface area (Å²) < 4.78 is 10.4. The minimum atomic E-state index is -0.279. The van der Waals surface area contributed by atoms with Gasteiger partial charge in [-0.3, -0.25) is 0 Å². The van der Waals surface area contributed by atoms with Crippen molar-refractivity contribution in [3.63, 3.8) is 0 Å². The highest BCUT2D eigenvalue weighted by Gasteiger charge is 2.25. The van der Waals surface area contributed by atoms with Crippen LogP contribution < -0.4 is 5.73 Å². The molecule has 0 spiro atoms. The van der Waals surface area contributed by atoms with Gasteiger partial charge in [0.2, 0.25) is 0 Å². The van der Waals surface area contributed by atoms with E-state index in [0.717, 1.165) is 24.6 Å². The monoisotopic (exact) mass is 239 g/mol. The molecule has 1 heterocycles. The van der Waals surface area contributed by atoms with Crippen molar-refractivity contribution < 1.29 is 9.26 Å². The minimum Gasteiger partial charge on any atom is -0.370 e. The molecule has 1 fully saturated rings. The highest BCUT2D eigenvalue weighted by Crippen LogP contribution is 2.34. The van der Waals surface area contributed by atoms with Gasteiger partial charge in [0.1, 0.15) is 6.10 Å². The first kappa shape index (κ1) is 12.5. The lowest BCUT2D eigenvalue weighted by atomic mass is 9.83. The van der Waals surface area contributed by atoms with Crippen molar-refractivity contribution >= 4 is 0 Å². The molecule has 1 atom stereocenters. The third-order valence-corrected chi connectivity index (χ3v) is 3.61. The summed E-state index contributed by atoms with van der Waals surface area (Å²) in [4.78, 5) is 4.42. The number of methoxy groups -OCH3 is 1. The van der Waals surface area contributed by atoms with Crippen LogP contribution in [-0.2, 0) is 4.74 Å². The summed E-state index contributed by atoms with van der Waals surface area (Å²) in [6.45, 7) is 2.66. The number of aromatic nitrogens is 2. The summed E-state index contributed by atoms with van der Waals surface area (Å²) in [6.07, 6.45) is 4.53. The van der Waals surface area contributed by atoms with Crippen LogP contribution in [0.15, 0.2) is 4.52 Å². The third kappa shape index (κ3) is 2.84. The summed E-state index contributed by atoms with van der Waals surface area (Å²) in [5.41, 5.74) is 5.57. The summed E-state index contributed by atoms with van der Waals surface area (Å²) in [7, 11) is 1.60. The van der Waals surface area contributed by atoms with Gasteiger partial charge in [-0.1, -0.05) is 24.9 Å². The van der Waals surface area contributed by atoms with E-state index in [0.29, 0.717) is 18.4 Å². The first-order valence-electron chi connectivity index (χ1n) is 6.31. The molecule has 1 aromatic heterocycles. The van der Waals surface area contributed by atoms with Crippen LogP contribution in [0.25, 0.3) is 0 Å². The molecule has 0 bridgehead atoms. The van der Waals surface area contributed by atoms with E-state index in [4.69, 9.17) is 15.0 Å². The van der Waals surface area contributed by atoms with E-state index in [1.807, 2.05) is 0 Å². The van der Waals surface area contributed by atoms with Gasteiger partial charge in [0, 0.05) is 19.6 Å². The molecule has 1 aliphatic carbocycles. The molecule has 0 saturated heterocycles. The lowest BCUT2D eigenvalue weighted by molar-refractivity contribution is 0.0803. The molecule has 5 heteroatoms. The third-order valence-electron chi connectivity index (χ3n) is 3.61. The van der Waals surface area contributed by atoms with Crippen molar-refractivity contribution in [2.45, 2.75) is 44.6 Å². The van der Waals surface area contributed by atoms with Gasteiger partial charge in [-0.2, -0.15) is 4.98 Å². The Hall–Kier alpha value is -0.940. The SMILES string of the molecule is COC(CN)c1nc(C2CCC(C)CC2)no1. The number of hydrogen-bond acceptors (Lipinski definition) is 5. The van der Waals surface area contributed by atoms with Gasteiger partial charge >= 0.3 is 0 Å². The average Bonchev–Trinajstić information content (AvgIpc) is 2.81. The van der Waals surface area contributed by atoms with Gasteiger partial charge in [0.05, 0.1) is 0 Å². The van der Waals surface area contributed by atoms with Crippen LogP contribution in [0.3, 0.4) is 0 Å². The van der Waals surface area contributed by atoms with E-state index in [9.17, 15) is 0 Å². The standard InChI is InChI=1S/C12H21N3O2/c1-8-3-5-9(6-4-8)11-14-12(17-15-11)10(7-13)16-2/h8-10H,3-7,13H2,1-2H3. The van der Waals surface area contributed by atoms with Crippen LogP contribution in [0.2, 0.25) is 0 Å². The topological polar surface area (TPSA) is 74.2 Å². The Bertz CT molecular complexity index is 341. The van der Waals surface area contributed by atoms with Gasteiger partial charge in [-0.15, -0.1) is 0 Å². The van der Waals surface area contributed by atoms with Gasteiger partial charge in [-0.25, -0.2) is 0 Å². The van der Waals surface area contributed by atoms with Crippen LogP contribution in [0.4, 0.5) is 0 Å². The second kappa shape index (κ2) is 5.60. The van der Waals surface area contributed by atoms with E-state index >= 15 is 0 Å². The van der Waals surface area contributed by atoms with Gasteiger partial charge in [-0.05, 0) is 18.8 Å². The molecule has 0 radical (unpaired) electrons. The van der Waals surface area contributed by atoms with Crippen LogP contribution in [0, 0.1) is 5.92 Å². The fourth-order valence-corrected chi connectivity index (χ4v) is 2.36. The van der Waals surface area contributed by atoms with E-state index in [1.54, 1.807) is 7.11 Å². The average molecular weight is 239 g/mol. The molecular weight excluding hydrogens is 218 g/mol. The van der Waals surface area contributed by atoms with E-state index < -0.39 is 0 Å². The second-order valence-electron chi connectivity index (χ2n) is 4.91. The Labute approximate surface area is 102 Å². The first-order valence-corrected chi connectivity index (χ1v) is 6.31. The maximum absolute atomic E-state index is 5.57. The van der Waals surface area contributed by atoms with Crippen LogP contribution in [-0.4, -0.2) is 23.8 Å². The zero-order valence-electron chi connectivity index (χ0n) is 10.6. The van der Waals surface area contributed by atoms with Crippen LogP contribution in [0.1, 0.15) is 56.3 Å². The predicted molar refractivity (Wildman–Crippen MR) is 63.5 cm³/mol. The molecule has 96 valence electrons. The van der Waals surface area contributed by atoms with Crippen molar-refractivity contribution in [3.8, 4) is 0 Å². The second-order valence-corrected chi connectivity index (χ2v) is 4.91. The van der Waals surface area contributed by atoms with Crippen molar-refractivity contribution in [3.05, 3.63) is 11.7 Å². The fourth-order valence-electron chi connectivity index (χ4n) is 2.36. The van der Waals surface area contributed by atoms with Crippen LogP contribution >= 0.6 is 0 Å². The molecule has 0 aromatic carbocycles. The zero-order chi connectivity index (χ0) is 12.3. The molecule has 1 aliphatic rings. The van der Waals surface area contributed by atoms with Gasteiger partial charge in [0.25, 0.3) is 5.89 Å². The quantitative estimate of drug-likeness (QED) is 0.870.